The average Bonchev–Trinajstić information content (AvgIpc) is 3.28. The van der Waals surface area contributed by atoms with E-state index in [4.69, 9.17) is 29.2 Å². The maximum Gasteiger partial charge on any atom is 0.345 e. The smallest absolute Gasteiger partial charge is 0.345 e. The van der Waals surface area contributed by atoms with E-state index in [0.717, 1.165) is 12.0 Å². The first kappa shape index (κ1) is 18.8. The molecule has 2 atom stereocenters. The minimum absolute atomic E-state index is 0.0195. The van der Waals surface area contributed by atoms with Gasteiger partial charge >= 0.3 is 5.97 Å². The number of nitrogens with one attached hydrogen (secondary N) is 1. The Morgan fingerprint density at radius 2 is 2.04 bits per heavy atom. The summed E-state index contributed by atoms with van der Waals surface area (Å²) in [4.78, 5) is 39.1. The molecule has 0 spiro atoms. The first-order valence-corrected chi connectivity index (χ1v) is 9.12. The fourth-order valence-electron chi connectivity index (χ4n) is 3.21. The van der Waals surface area contributed by atoms with Gasteiger partial charge in [0.25, 0.3) is 0 Å². The highest BCUT2D eigenvalue weighted by atomic mass is 32.1. The molecule has 0 unspecified atom stereocenters. The summed E-state index contributed by atoms with van der Waals surface area (Å²) < 4.78 is 5.34. The third kappa shape index (κ3) is 3.20. The van der Waals surface area contributed by atoms with E-state index < -0.39 is 17.6 Å². The zero-order valence-electron chi connectivity index (χ0n) is 14.0. The highest BCUT2D eigenvalue weighted by Crippen LogP contribution is 2.28. The van der Waals surface area contributed by atoms with Crippen molar-refractivity contribution in [1.29, 1.82) is 0 Å². The zero-order chi connectivity index (χ0) is 18.7. The molecule has 3 rings (SSSR count). The van der Waals surface area contributed by atoms with Crippen molar-refractivity contribution < 1.29 is 19.1 Å². The first-order valence-electron chi connectivity index (χ1n) is 8.30. The quantitative estimate of drug-likeness (QED) is 0.348. The van der Waals surface area contributed by atoms with Crippen LogP contribution in [0.15, 0.2) is 30.3 Å². The van der Waals surface area contributed by atoms with E-state index >= 15 is 0 Å². The lowest BCUT2D eigenvalue weighted by Crippen LogP contribution is -2.61. The number of hydrogen-bond donors (Lipinski definition) is 1. The number of hydrogen-bond acceptors (Lipinski definition) is 7. The number of benzene rings is 1. The van der Waals surface area contributed by atoms with Crippen LogP contribution >= 0.6 is 24.4 Å². The Balaban J connectivity index is 1.85. The molecule has 1 amide bonds. The predicted molar refractivity (Wildman–Crippen MR) is 103 cm³/mol. The van der Waals surface area contributed by atoms with Gasteiger partial charge in [-0.1, -0.05) is 54.8 Å². The lowest BCUT2D eigenvalue weighted by Gasteiger charge is -2.32. The summed E-state index contributed by atoms with van der Waals surface area (Å²) in [5, 5.41) is 3.08. The van der Waals surface area contributed by atoms with E-state index in [0.29, 0.717) is 19.3 Å². The highest BCUT2D eigenvalue weighted by Gasteiger charge is 2.58. The average molecular weight is 390 g/mol. The maximum absolute atomic E-state index is 12.9. The number of rotatable bonds is 5. The van der Waals surface area contributed by atoms with Crippen LogP contribution in [0.25, 0.3) is 0 Å². The number of ether oxygens (including phenoxy) is 1. The molecule has 26 heavy (non-hydrogen) atoms. The second-order valence-electron chi connectivity index (χ2n) is 6.27. The van der Waals surface area contributed by atoms with Crippen molar-refractivity contribution in [2.45, 2.75) is 31.0 Å². The summed E-state index contributed by atoms with van der Waals surface area (Å²) in [6.45, 7) is 0.671. The molecule has 8 heteroatoms. The van der Waals surface area contributed by atoms with Gasteiger partial charge in [-0.25, -0.2) is 4.79 Å². The monoisotopic (exact) mass is 390 g/mol. The zero-order valence-corrected chi connectivity index (χ0v) is 15.6. The Hall–Kier alpha value is -2.03. The number of esters is 1. The van der Waals surface area contributed by atoms with Crippen LogP contribution in [0.4, 0.5) is 0 Å². The molecule has 2 saturated heterocycles. The molecule has 2 fully saturated rings. The van der Waals surface area contributed by atoms with Crippen molar-refractivity contribution in [2.24, 2.45) is 0 Å². The van der Waals surface area contributed by atoms with Gasteiger partial charge in [-0.05, 0) is 24.9 Å². The fourth-order valence-corrected chi connectivity index (χ4v) is 3.80. The first-order chi connectivity index (χ1) is 12.5. The Kier molecular flexibility index (Phi) is 5.55. The van der Waals surface area contributed by atoms with Gasteiger partial charge in [0.1, 0.15) is 6.61 Å². The van der Waals surface area contributed by atoms with Crippen LogP contribution in [0.1, 0.15) is 18.4 Å². The highest BCUT2D eigenvalue weighted by molar-refractivity contribution is 7.89. The number of amides is 1. The van der Waals surface area contributed by atoms with E-state index in [2.05, 4.69) is 5.32 Å². The van der Waals surface area contributed by atoms with Crippen molar-refractivity contribution in [2.75, 3.05) is 13.1 Å². The minimum atomic E-state index is -1.96. The van der Waals surface area contributed by atoms with Crippen LogP contribution in [0.2, 0.25) is 0 Å². The van der Waals surface area contributed by atoms with E-state index in [9.17, 15) is 14.4 Å². The third-order valence-corrected chi connectivity index (χ3v) is 5.67. The SMILES string of the molecule is O=C[C@]1(C(=O)OCc2ccccc2)C(=S)C(=S)CN1C(=O)[C@@H]1CCCN1. The van der Waals surface area contributed by atoms with E-state index in [1.165, 1.54) is 4.90 Å². The molecule has 0 saturated carbocycles. The summed E-state index contributed by atoms with van der Waals surface area (Å²) in [6, 6.07) is 8.62. The third-order valence-electron chi connectivity index (χ3n) is 4.65. The Labute approximate surface area is 161 Å². The molecule has 6 nitrogen and oxygen atoms in total. The van der Waals surface area contributed by atoms with Crippen LogP contribution in [0, 0.1) is 0 Å². The number of carbonyl (C=O) groups is 3. The van der Waals surface area contributed by atoms with Gasteiger partial charge in [0.15, 0.2) is 6.29 Å². The topological polar surface area (TPSA) is 75.7 Å². The fraction of sp³-hybridized carbons (Fsp3) is 0.389. The Morgan fingerprint density at radius 1 is 1.31 bits per heavy atom. The number of carbonyl (C=O) groups excluding carboxylic acids is 3. The summed E-state index contributed by atoms with van der Waals surface area (Å²) in [5.41, 5.74) is -1.19. The maximum atomic E-state index is 12.9. The van der Waals surface area contributed by atoms with Gasteiger partial charge in [-0.2, -0.15) is 0 Å². The molecule has 0 aliphatic carbocycles. The van der Waals surface area contributed by atoms with E-state index in [-0.39, 0.29) is 28.8 Å². The molecule has 1 N–H and O–H groups in total. The molecule has 2 heterocycles. The second kappa shape index (κ2) is 7.69. The van der Waals surface area contributed by atoms with Crippen LogP contribution in [-0.2, 0) is 25.7 Å². The van der Waals surface area contributed by atoms with Crippen LogP contribution < -0.4 is 5.32 Å². The number of nitrogens with zero attached hydrogens (tertiary/aromatic N) is 1. The normalized spacial score (nSPS) is 25.4. The van der Waals surface area contributed by atoms with Crippen molar-refractivity contribution in [3.8, 4) is 0 Å². The number of aldehydes is 1. The van der Waals surface area contributed by atoms with Crippen LogP contribution in [0.3, 0.4) is 0 Å². The summed E-state index contributed by atoms with van der Waals surface area (Å²) in [6.07, 6.45) is 1.88. The molecule has 0 radical (unpaired) electrons. The van der Waals surface area contributed by atoms with Gasteiger partial charge in [-0.15, -0.1) is 0 Å². The molecule has 136 valence electrons. The summed E-state index contributed by atoms with van der Waals surface area (Å²) >= 11 is 10.5. The van der Waals surface area contributed by atoms with Crippen molar-refractivity contribution in [3.05, 3.63) is 35.9 Å². The predicted octanol–water partition coefficient (Wildman–Crippen LogP) is 1.00. The summed E-state index contributed by atoms with van der Waals surface area (Å²) in [7, 11) is 0. The standard InChI is InChI=1S/C18H18N2O4S2/c21-11-18(17(23)24-10-12-5-2-1-3-6-12)15(26)14(25)9-20(18)16(22)13-7-4-8-19-13/h1-3,5-6,11,13,19H,4,7-10H2/t13-,18+/m0/s1. The lowest BCUT2D eigenvalue weighted by molar-refractivity contribution is -0.160. The molecule has 1 aromatic carbocycles. The lowest BCUT2D eigenvalue weighted by atomic mass is 9.97. The molecule has 1 aromatic rings. The van der Waals surface area contributed by atoms with Gasteiger partial charge in [0.05, 0.1) is 22.3 Å². The Morgan fingerprint density at radius 3 is 2.65 bits per heavy atom. The second-order valence-corrected chi connectivity index (χ2v) is 7.17. The number of likely N-dealkylation sites (tertiary alicyclic amines) is 1. The molecule has 2 aliphatic rings. The van der Waals surface area contributed by atoms with E-state index in [1.807, 2.05) is 18.2 Å². The van der Waals surface area contributed by atoms with Crippen molar-refractivity contribution in [3.63, 3.8) is 0 Å². The molecule has 0 aromatic heterocycles. The van der Waals surface area contributed by atoms with Crippen LogP contribution in [0.5, 0.6) is 0 Å². The van der Waals surface area contributed by atoms with Gasteiger partial charge in [0, 0.05) is 0 Å². The molecular formula is C18H18N2O4S2. The molecule has 0 bridgehead atoms. The molecular weight excluding hydrogens is 372 g/mol. The molecule has 2 aliphatic heterocycles. The number of thiocarbonyl (C=S) groups is 2. The Bertz CT molecular complexity index is 762. The minimum Gasteiger partial charge on any atom is -0.458 e. The largest absolute Gasteiger partial charge is 0.458 e. The van der Waals surface area contributed by atoms with Crippen molar-refractivity contribution >= 4 is 52.3 Å². The van der Waals surface area contributed by atoms with E-state index in [1.54, 1.807) is 12.1 Å². The van der Waals surface area contributed by atoms with Gasteiger partial charge < -0.3 is 15.0 Å². The van der Waals surface area contributed by atoms with Gasteiger partial charge in [0.2, 0.25) is 11.4 Å². The summed E-state index contributed by atoms with van der Waals surface area (Å²) in [5.74, 6) is -1.22. The van der Waals surface area contributed by atoms with Crippen molar-refractivity contribution in [1.82, 2.24) is 10.2 Å². The van der Waals surface area contributed by atoms with Crippen LogP contribution in [-0.4, -0.2) is 57.5 Å². The van der Waals surface area contributed by atoms with Gasteiger partial charge in [-0.3, -0.25) is 9.59 Å².